The molecule has 0 heterocycles. The van der Waals surface area contributed by atoms with Gasteiger partial charge in [0, 0.05) is 12.8 Å². The van der Waals surface area contributed by atoms with Crippen LogP contribution in [-0.4, -0.2) is 42.8 Å². The Hall–Kier alpha value is -3.46. The molecule has 8 nitrogen and oxygen atoms in total. The van der Waals surface area contributed by atoms with Gasteiger partial charge in [-0.15, -0.1) is 0 Å². The van der Waals surface area contributed by atoms with Gasteiger partial charge in [0.15, 0.2) is 6.04 Å². The van der Waals surface area contributed by atoms with Gasteiger partial charge in [0.2, 0.25) is 5.91 Å². The first-order valence-corrected chi connectivity index (χ1v) is 8.22. The van der Waals surface area contributed by atoms with E-state index in [0.29, 0.717) is 11.3 Å². The van der Waals surface area contributed by atoms with Gasteiger partial charge in [-0.3, -0.25) is 4.79 Å². The number of hydrogen-bond donors (Lipinski definition) is 3. The number of carbonyl (C=O) groups excluding carboxylic acids is 2. The van der Waals surface area contributed by atoms with E-state index in [1.54, 1.807) is 0 Å². The number of nitrogens with one attached hydrogen (secondary N) is 2. The van der Waals surface area contributed by atoms with Crippen molar-refractivity contribution in [2.24, 2.45) is 0 Å². The Bertz CT molecular complexity index is 823. The van der Waals surface area contributed by atoms with Crippen LogP contribution in [-0.2, 0) is 20.7 Å². The minimum atomic E-state index is -1.25. The molecule has 2 rings (SSSR count). The van der Waals surface area contributed by atoms with Crippen molar-refractivity contribution in [2.45, 2.75) is 12.5 Å². The van der Waals surface area contributed by atoms with Crippen LogP contribution in [0.2, 0.25) is 0 Å². The average Bonchev–Trinajstić information content (AvgIpc) is 2.65. The summed E-state index contributed by atoms with van der Waals surface area (Å²) in [4.78, 5) is 34.7. The lowest BCUT2D eigenvalue weighted by Crippen LogP contribution is -2.45. The van der Waals surface area contributed by atoms with Crippen LogP contribution in [0.15, 0.2) is 48.5 Å². The molecule has 0 radical (unpaired) electrons. The number of carboxylic acids is 1. The molecule has 3 N–H and O–H groups in total. The van der Waals surface area contributed by atoms with Crippen LogP contribution in [0.25, 0.3) is 0 Å². The molecule has 28 heavy (non-hydrogen) atoms. The molecule has 0 unspecified atom stereocenters. The number of anilines is 1. The molecule has 0 saturated heterocycles. The van der Waals surface area contributed by atoms with E-state index in [1.807, 2.05) is 0 Å². The van der Waals surface area contributed by atoms with Gasteiger partial charge in [-0.1, -0.05) is 12.1 Å². The van der Waals surface area contributed by atoms with Crippen molar-refractivity contribution in [2.75, 3.05) is 19.0 Å². The van der Waals surface area contributed by atoms with E-state index in [4.69, 9.17) is 14.6 Å². The van der Waals surface area contributed by atoms with E-state index < -0.39 is 18.1 Å². The highest BCUT2D eigenvalue weighted by Gasteiger charge is 2.20. The van der Waals surface area contributed by atoms with Gasteiger partial charge in [-0.25, -0.2) is 14.0 Å². The highest BCUT2D eigenvalue weighted by Crippen LogP contribution is 2.16. The summed E-state index contributed by atoms with van der Waals surface area (Å²) in [5, 5.41) is 13.8. The number of carbonyl (C=O) groups is 3. The number of hydrogen-bond acceptors (Lipinski definition) is 5. The van der Waals surface area contributed by atoms with Crippen molar-refractivity contribution in [3.8, 4) is 5.75 Å². The Balaban J connectivity index is 1.86. The molecule has 1 atom stereocenters. The summed E-state index contributed by atoms with van der Waals surface area (Å²) in [5.41, 5.74) is 1.14. The first kappa shape index (κ1) is 20.8. The van der Waals surface area contributed by atoms with E-state index in [9.17, 15) is 18.8 Å². The van der Waals surface area contributed by atoms with Crippen LogP contribution >= 0.6 is 0 Å². The van der Waals surface area contributed by atoms with Gasteiger partial charge >= 0.3 is 12.1 Å². The quantitative estimate of drug-likeness (QED) is 0.637. The number of methoxy groups -OCH3 is 1. The van der Waals surface area contributed by atoms with Crippen LogP contribution in [0.1, 0.15) is 5.56 Å². The smallest absolute Gasteiger partial charge is 0.413 e. The third-order valence-electron chi connectivity index (χ3n) is 3.55. The lowest BCUT2D eigenvalue weighted by atomic mass is 10.1. The molecule has 0 spiro atoms. The minimum absolute atomic E-state index is 0.0804. The molecule has 2 aromatic carbocycles. The van der Waals surface area contributed by atoms with Crippen molar-refractivity contribution >= 4 is 23.7 Å². The fraction of sp³-hybridized carbons (Fsp3) is 0.211. The van der Waals surface area contributed by atoms with Crippen molar-refractivity contribution in [3.05, 3.63) is 59.9 Å². The van der Waals surface area contributed by atoms with Gasteiger partial charge in [0.05, 0.1) is 13.0 Å². The van der Waals surface area contributed by atoms with Crippen LogP contribution in [0.5, 0.6) is 5.75 Å². The zero-order valence-corrected chi connectivity index (χ0v) is 15.0. The molecule has 0 aromatic heterocycles. The molecule has 0 saturated carbocycles. The van der Waals surface area contributed by atoms with Gasteiger partial charge < -0.3 is 25.2 Å². The minimum Gasteiger partial charge on any atom is -0.480 e. The normalized spacial score (nSPS) is 11.4. The highest BCUT2D eigenvalue weighted by molar-refractivity contribution is 5.92. The Morgan fingerprint density at radius 1 is 1.07 bits per heavy atom. The zero-order chi connectivity index (χ0) is 20.5. The largest absolute Gasteiger partial charge is 0.480 e. The summed E-state index contributed by atoms with van der Waals surface area (Å²) in [6.45, 7) is -0.205. The number of amides is 2. The summed E-state index contributed by atoms with van der Waals surface area (Å²) in [6.07, 6.45) is -0.866. The van der Waals surface area contributed by atoms with E-state index in [0.717, 1.165) is 0 Å². The first-order valence-electron chi connectivity index (χ1n) is 8.22. The third-order valence-corrected chi connectivity index (χ3v) is 3.55. The standard InChI is InChI=1S/C19H19FN2O6/c1-27-11-16(18(24)25)22-19(26)28-15-8-6-14(7-9-15)21-17(23)10-12-2-4-13(20)5-3-12/h2-9,16H,10-11H2,1H3,(H,21,23)(H,22,26)(H,24,25)/t16-/m1/s1. The average molecular weight is 390 g/mol. The second-order valence-corrected chi connectivity index (χ2v) is 5.76. The SMILES string of the molecule is COC[C@@H](NC(=O)Oc1ccc(NC(=O)Cc2ccc(F)cc2)cc1)C(=O)O. The van der Waals surface area contributed by atoms with E-state index >= 15 is 0 Å². The summed E-state index contributed by atoms with van der Waals surface area (Å²) in [7, 11) is 1.31. The summed E-state index contributed by atoms with van der Waals surface area (Å²) in [5.74, 6) is -1.75. The first-order chi connectivity index (χ1) is 13.4. The molecular weight excluding hydrogens is 371 g/mol. The lowest BCUT2D eigenvalue weighted by Gasteiger charge is -2.13. The number of rotatable bonds is 8. The molecule has 0 aliphatic carbocycles. The van der Waals surface area contributed by atoms with E-state index in [1.165, 1.54) is 55.6 Å². The van der Waals surface area contributed by atoms with Crippen molar-refractivity contribution in [1.29, 1.82) is 0 Å². The number of carboxylic acid groups (broad SMARTS) is 1. The predicted molar refractivity (Wildman–Crippen MR) is 97.6 cm³/mol. The second kappa shape index (κ2) is 10.0. The van der Waals surface area contributed by atoms with Crippen LogP contribution in [0, 0.1) is 5.82 Å². The molecule has 148 valence electrons. The fourth-order valence-corrected chi connectivity index (χ4v) is 2.22. The maximum absolute atomic E-state index is 12.9. The molecule has 2 amide bonds. The molecule has 0 bridgehead atoms. The predicted octanol–water partition coefficient (Wildman–Crippen LogP) is 2.19. The topological polar surface area (TPSA) is 114 Å². The van der Waals surface area contributed by atoms with Crippen LogP contribution in [0.3, 0.4) is 0 Å². The summed E-state index contributed by atoms with van der Waals surface area (Å²) < 4.78 is 22.6. The number of benzene rings is 2. The van der Waals surface area contributed by atoms with Crippen molar-refractivity contribution in [3.63, 3.8) is 0 Å². The Labute approximate surface area is 160 Å². The van der Waals surface area contributed by atoms with Gasteiger partial charge in [0.1, 0.15) is 11.6 Å². The molecule has 2 aromatic rings. The molecule has 0 aliphatic rings. The Kier molecular flexibility index (Phi) is 7.46. The Morgan fingerprint density at radius 3 is 2.29 bits per heavy atom. The third kappa shape index (κ3) is 6.69. The summed E-state index contributed by atoms with van der Waals surface area (Å²) >= 11 is 0. The summed E-state index contributed by atoms with van der Waals surface area (Å²) in [6, 6.07) is 10.3. The van der Waals surface area contributed by atoms with Crippen molar-refractivity contribution in [1.82, 2.24) is 5.32 Å². The highest BCUT2D eigenvalue weighted by atomic mass is 19.1. The van der Waals surface area contributed by atoms with E-state index in [2.05, 4.69) is 10.6 Å². The van der Waals surface area contributed by atoms with Crippen molar-refractivity contribution < 1.29 is 33.4 Å². The molecule has 0 fully saturated rings. The van der Waals surface area contributed by atoms with Gasteiger partial charge in [-0.2, -0.15) is 0 Å². The zero-order valence-electron chi connectivity index (χ0n) is 15.0. The Morgan fingerprint density at radius 2 is 1.71 bits per heavy atom. The number of ether oxygens (including phenoxy) is 2. The second-order valence-electron chi connectivity index (χ2n) is 5.76. The number of aliphatic carboxylic acids is 1. The van der Waals surface area contributed by atoms with Gasteiger partial charge in [-0.05, 0) is 42.0 Å². The lowest BCUT2D eigenvalue weighted by molar-refractivity contribution is -0.140. The maximum atomic E-state index is 12.9. The molecular formula is C19H19FN2O6. The number of halogens is 1. The van der Waals surface area contributed by atoms with Gasteiger partial charge in [0.25, 0.3) is 0 Å². The molecule has 0 aliphatic heterocycles. The monoisotopic (exact) mass is 390 g/mol. The maximum Gasteiger partial charge on any atom is 0.413 e. The van der Waals surface area contributed by atoms with Crippen LogP contribution in [0.4, 0.5) is 14.9 Å². The molecule has 9 heteroatoms. The van der Waals surface area contributed by atoms with Crippen LogP contribution < -0.4 is 15.4 Å². The fourth-order valence-electron chi connectivity index (χ4n) is 2.22. The van der Waals surface area contributed by atoms with E-state index in [-0.39, 0.29) is 30.5 Å².